The Bertz CT molecular complexity index is 366. The van der Waals surface area contributed by atoms with E-state index < -0.39 is 5.82 Å². The van der Waals surface area contributed by atoms with Crippen molar-refractivity contribution in [2.45, 2.75) is 13.3 Å². The van der Waals surface area contributed by atoms with Crippen molar-refractivity contribution in [1.82, 2.24) is 5.32 Å². The number of rotatable bonds is 6. The molecule has 0 bridgehead atoms. The van der Waals surface area contributed by atoms with Crippen LogP contribution in [0.15, 0.2) is 18.2 Å². The maximum absolute atomic E-state index is 13.0. The largest absolute Gasteiger partial charge is 0.496 e. The van der Waals surface area contributed by atoms with Crippen molar-refractivity contribution < 1.29 is 13.9 Å². The second-order valence-electron chi connectivity index (χ2n) is 3.44. The Morgan fingerprint density at radius 2 is 2.25 bits per heavy atom. The fourth-order valence-electron chi connectivity index (χ4n) is 1.37. The highest BCUT2D eigenvalue weighted by Crippen LogP contribution is 2.19. The first-order valence-corrected chi connectivity index (χ1v) is 5.26. The Kier molecular flexibility index (Phi) is 4.92. The van der Waals surface area contributed by atoms with Gasteiger partial charge in [0.05, 0.1) is 19.2 Å². The summed E-state index contributed by atoms with van der Waals surface area (Å²) < 4.78 is 18.0. The first kappa shape index (κ1) is 12.6. The molecular weight excluding hydrogens is 209 g/mol. The highest BCUT2D eigenvalue weighted by atomic mass is 19.1. The molecule has 16 heavy (non-hydrogen) atoms. The number of carbonyl (C=O) groups is 1. The first-order chi connectivity index (χ1) is 7.69. The first-order valence-electron chi connectivity index (χ1n) is 5.26. The van der Waals surface area contributed by atoms with Crippen LogP contribution in [0.5, 0.6) is 5.75 Å². The predicted molar refractivity (Wildman–Crippen MR) is 60.4 cm³/mol. The van der Waals surface area contributed by atoms with E-state index in [2.05, 4.69) is 5.32 Å². The van der Waals surface area contributed by atoms with E-state index in [0.29, 0.717) is 5.75 Å². The molecule has 1 rings (SSSR count). The predicted octanol–water partition coefficient (Wildman–Crippen LogP) is 2.02. The molecule has 0 aliphatic carbocycles. The molecule has 1 aromatic rings. The van der Waals surface area contributed by atoms with Gasteiger partial charge < -0.3 is 10.1 Å². The van der Waals surface area contributed by atoms with Crippen LogP contribution < -0.4 is 10.1 Å². The molecule has 1 aromatic carbocycles. The van der Waals surface area contributed by atoms with Gasteiger partial charge in [0.1, 0.15) is 11.6 Å². The molecule has 0 aromatic heterocycles. The maximum atomic E-state index is 13.0. The minimum absolute atomic E-state index is 0.162. The number of Topliss-reactive ketones (excluding diaryl/α,β-unsaturated/α-hetero) is 1. The molecule has 0 radical (unpaired) electrons. The zero-order valence-corrected chi connectivity index (χ0v) is 9.55. The van der Waals surface area contributed by atoms with E-state index in [1.807, 2.05) is 6.92 Å². The van der Waals surface area contributed by atoms with Gasteiger partial charge in [-0.15, -0.1) is 0 Å². The summed E-state index contributed by atoms with van der Waals surface area (Å²) in [6.07, 6.45) is 0.952. The monoisotopic (exact) mass is 225 g/mol. The van der Waals surface area contributed by atoms with Crippen molar-refractivity contribution in [2.75, 3.05) is 20.2 Å². The standard InChI is InChI=1S/C12H16FNO2/c1-3-6-14-8-11(15)10-7-9(13)4-5-12(10)16-2/h4-5,7,14H,3,6,8H2,1-2H3. The third-order valence-corrected chi connectivity index (χ3v) is 2.17. The van der Waals surface area contributed by atoms with Crippen molar-refractivity contribution in [3.8, 4) is 5.75 Å². The fraction of sp³-hybridized carbons (Fsp3) is 0.417. The van der Waals surface area contributed by atoms with E-state index in [0.717, 1.165) is 13.0 Å². The van der Waals surface area contributed by atoms with Gasteiger partial charge in [0.25, 0.3) is 0 Å². The number of halogens is 1. The summed E-state index contributed by atoms with van der Waals surface area (Å²) in [5.41, 5.74) is 0.283. The molecule has 0 spiro atoms. The van der Waals surface area contributed by atoms with E-state index in [1.165, 1.54) is 25.3 Å². The summed E-state index contributed by atoms with van der Waals surface area (Å²) in [5, 5.41) is 2.98. The third kappa shape index (κ3) is 3.31. The van der Waals surface area contributed by atoms with E-state index in [-0.39, 0.29) is 17.9 Å². The number of ether oxygens (including phenoxy) is 1. The van der Waals surface area contributed by atoms with Crippen LogP contribution in [0.3, 0.4) is 0 Å². The molecule has 0 heterocycles. The molecule has 0 aliphatic heterocycles. The summed E-state index contributed by atoms with van der Waals surface area (Å²) in [4.78, 5) is 11.7. The van der Waals surface area contributed by atoms with E-state index >= 15 is 0 Å². The van der Waals surface area contributed by atoms with Gasteiger partial charge in [0.2, 0.25) is 0 Å². The Morgan fingerprint density at radius 1 is 1.50 bits per heavy atom. The van der Waals surface area contributed by atoms with Gasteiger partial charge in [-0.25, -0.2) is 4.39 Å². The Labute approximate surface area is 94.6 Å². The van der Waals surface area contributed by atoms with Crippen molar-refractivity contribution in [2.24, 2.45) is 0 Å². The molecule has 0 saturated heterocycles. The van der Waals surface area contributed by atoms with Crippen LogP contribution in [0.2, 0.25) is 0 Å². The van der Waals surface area contributed by atoms with E-state index in [9.17, 15) is 9.18 Å². The second-order valence-corrected chi connectivity index (χ2v) is 3.44. The van der Waals surface area contributed by atoms with Gasteiger partial charge in [0, 0.05) is 0 Å². The number of benzene rings is 1. The zero-order valence-electron chi connectivity index (χ0n) is 9.55. The number of nitrogens with one attached hydrogen (secondary N) is 1. The lowest BCUT2D eigenvalue weighted by Crippen LogP contribution is -2.24. The van der Waals surface area contributed by atoms with Gasteiger partial charge >= 0.3 is 0 Å². The quantitative estimate of drug-likeness (QED) is 0.594. The van der Waals surface area contributed by atoms with Crippen LogP contribution in [0.1, 0.15) is 23.7 Å². The average molecular weight is 225 g/mol. The summed E-state index contributed by atoms with van der Waals surface area (Å²) in [6, 6.07) is 3.94. The van der Waals surface area contributed by atoms with Crippen LogP contribution >= 0.6 is 0 Å². The zero-order chi connectivity index (χ0) is 12.0. The van der Waals surface area contributed by atoms with Crippen LogP contribution in [0, 0.1) is 5.82 Å². The second kappa shape index (κ2) is 6.23. The summed E-state index contributed by atoms with van der Waals surface area (Å²) in [6.45, 7) is 2.98. The van der Waals surface area contributed by atoms with Crippen LogP contribution in [-0.2, 0) is 0 Å². The normalized spacial score (nSPS) is 10.2. The molecular formula is C12H16FNO2. The third-order valence-electron chi connectivity index (χ3n) is 2.17. The van der Waals surface area contributed by atoms with Gasteiger partial charge in [-0.05, 0) is 31.2 Å². The van der Waals surface area contributed by atoms with Crippen molar-refractivity contribution in [1.29, 1.82) is 0 Å². The van der Waals surface area contributed by atoms with Crippen molar-refractivity contribution in [3.05, 3.63) is 29.6 Å². The highest BCUT2D eigenvalue weighted by molar-refractivity contribution is 6.00. The molecule has 0 unspecified atom stereocenters. The lowest BCUT2D eigenvalue weighted by atomic mass is 10.1. The van der Waals surface area contributed by atoms with Gasteiger partial charge in [-0.3, -0.25) is 4.79 Å². The van der Waals surface area contributed by atoms with Gasteiger partial charge in [0.15, 0.2) is 5.78 Å². The molecule has 0 atom stereocenters. The van der Waals surface area contributed by atoms with Crippen molar-refractivity contribution in [3.63, 3.8) is 0 Å². The van der Waals surface area contributed by atoms with Gasteiger partial charge in [-0.2, -0.15) is 0 Å². The molecule has 88 valence electrons. The summed E-state index contributed by atoms with van der Waals surface area (Å²) in [5.74, 6) is -0.186. The Balaban J connectivity index is 2.76. The number of carbonyl (C=O) groups excluding carboxylic acids is 1. The van der Waals surface area contributed by atoms with Crippen molar-refractivity contribution >= 4 is 5.78 Å². The van der Waals surface area contributed by atoms with E-state index in [4.69, 9.17) is 4.74 Å². The Hall–Kier alpha value is -1.42. The van der Waals surface area contributed by atoms with Crippen LogP contribution in [-0.4, -0.2) is 26.0 Å². The minimum atomic E-state index is -0.431. The SMILES string of the molecule is CCCNCC(=O)c1cc(F)ccc1OC. The number of methoxy groups -OCH3 is 1. The molecule has 0 aliphatic rings. The lowest BCUT2D eigenvalue weighted by Gasteiger charge is -2.08. The molecule has 4 heteroatoms. The topological polar surface area (TPSA) is 38.3 Å². The maximum Gasteiger partial charge on any atom is 0.180 e. The molecule has 0 fully saturated rings. The molecule has 0 amide bonds. The molecule has 1 N–H and O–H groups in total. The number of hydrogen-bond acceptors (Lipinski definition) is 3. The minimum Gasteiger partial charge on any atom is -0.496 e. The lowest BCUT2D eigenvalue weighted by molar-refractivity contribution is 0.0988. The molecule has 3 nitrogen and oxygen atoms in total. The Morgan fingerprint density at radius 3 is 2.88 bits per heavy atom. The van der Waals surface area contributed by atoms with Crippen LogP contribution in [0.4, 0.5) is 4.39 Å². The van der Waals surface area contributed by atoms with Gasteiger partial charge in [-0.1, -0.05) is 6.92 Å². The smallest absolute Gasteiger partial charge is 0.180 e. The highest BCUT2D eigenvalue weighted by Gasteiger charge is 2.12. The molecule has 0 saturated carbocycles. The van der Waals surface area contributed by atoms with Crippen LogP contribution in [0.25, 0.3) is 0 Å². The summed E-state index contributed by atoms with van der Waals surface area (Å²) in [7, 11) is 1.46. The number of ketones is 1. The fourth-order valence-corrected chi connectivity index (χ4v) is 1.37. The van der Waals surface area contributed by atoms with E-state index in [1.54, 1.807) is 0 Å². The average Bonchev–Trinajstić information content (AvgIpc) is 2.29. The number of hydrogen-bond donors (Lipinski definition) is 1. The summed E-state index contributed by atoms with van der Waals surface area (Å²) >= 11 is 0.